The number of non-ortho nitro benzene ring substituents is 1. The van der Waals surface area contributed by atoms with E-state index >= 15 is 0 Å². The highest BCUT2D eigenvalue weighted by Crippen LogP contribution is 2.44. The number of nitrogens with one attached hydrogen (secondary N) is 1. The molecule has 2 aromatic heterocycles. The molecule has 2 fully saturated rings. The van der Waals surface area contributed by atoms with Crippen LogP contribution >= 0.6 is 11.3 Å². The maximum absolute atomic E-state index is 14.2. The summed E-state index contributed by atoms with van der Waals surface area (Å²) in [4.78, 5) is 20.6. The van der Waals surface area contributed by atoms with Crippen LogP contribution in [0.15, 0.2) is 60.7 Å². The van der Waals surface area contributed by atoms with Gasteiger partial charge >= 0.3 is 0 Å². The number of piperazine rings is 1. The van der Waals surface area contributed by atoms with E-state index in [-0.39, 0.29) is 11.5 Å². The molecule has 1 aliphatic heterocycles. The van der Waals surface area contributed by atoms with Gasteiger partial charge in [-0.3, -0.25) is 15.0 Å². The quantitative estimate of drug-likeness (QED) is 0.152. The predicted octanol–water partition coefficient (Wildman–Crippen LogP) is 6.88. The Morgan fingerprint density at radius 2 is 1.77 bits per heavy atom. The van der Waals surface area contributed by atoms with E-state index in [2.05, 4.69) is 55.9 Å². The van der Waals surface area contributed by atoms with Gasteiger partial charge in [-0.2, -0.15) is 0 Å². The molecule has 3 heterocycles. The Labute approximate surface area is 251 Å². The average Bonchev–Trinajstić information content (AvgIpc) is 3.62. The summed E-state index contributed by atoms with van der Waals surface area (Å²) in [5.74, 6) is 0.499. The fourth-order valence-corrected chi connectivity index (χ4v) is 6.50. The lowest BCUT2D eigenvalue weighted by Gasteiger charge is -2.38. The molecule has 1 saturated heterocycles. The summed E-state index contributed by atoms with van der Waals surface area (Å²) in [5.41, 5.74) is 5.38. The zero-order valence-corrected chi connectivity index (χ0v) is 24.7. The number of benzene rings is 3. The van der Waals surface area contributed by atoms with Gasteiger partial charge in [-0.15, -0.1) is 10.2 Å². The first-order chi connectivity index (χ1) is 20.8. The molecule has 10 nitrogen and oxygen atoms in total. The first-order valence-corrected chi connectivity index (χ1v) is 15.3. The van der Waals surface area contributed by atoms with Crippen molar-refractivity contribution in [3.63, 3.8) is 0 Å². The standard InChI is InChI=1S/C31H31FN8O2S/c1-19(2)37-12-14-38(15-13-37)27-18-28-26(33-29(39(28)23-10-11-23)21-4-3-5-22(32)16-21)17-25(27)34-31-36-35-30(43-31)20-6-8-24(9-7-20)40(41)42/h3-9,16-19,23H,10-15H2,1-2H3,(H,34,36). The lowest BCUT2D eigenvalue weighted by molar-refractivity contribution is -0.384. The minimum atomic E-state index is -0.417. The van der Waals surface area contributed by atoms with E-state index in [0.717, 1.165) is 78.4 Å². The third kappa shape index (κ3) is 5.43. The highest BCUT2D eigenvalue weighted by molar-refractivity contribution is 7.18. The highest BCUT2D eigenvalue weighted by Gasteiger charge is 2.30. The Balaban J connectivity index is 1.28. The van der Waals surface area contributed by atoms with Gasteiger partial charge in [0.15, 0.2) is 0 Å². The van der Waals surface area contributed by atoms with E-state index in [0.29, 0.717) is 22.2 Å². The molecular weight excluding hydrogens is 567 g/mol. The van der Waals surface area contributed by atoms with Crippen molar-refractivity contribution in [3.05, 3.63) is 76.6 Å². The van der Waals surface area contributed by atoms with Crippen LogP contribution in [0.4, 0.5) is 26.6 Å². The Bertz CT molecular complexity index is 1810. The van der Waals surface area contributed by atoms with Crippen LogP contribution in [0.3, 0.4) is 0 Å². The number of nitro benzene ring substituents is 1. The van der Waals surface area contributed by atoms with Gasteiger partial charge in [-0.05, 0) is 63.1 Å². The molecule has 1 aliphatic carbocycles. The Kier molecular flexibility index (Phi) is 7.02. The van der Waals surface area contributed by atoms with Gasteiger partial charge in [-0.25, -0.2) is 9.37 Å². The van der Waals surface area contributed by atoms with E-state index in [9.17, 15) is 14.5 Å². The van der Waals surface area contributed by atoms with Gasteiger partial charge in [-0.1, -0.05) is 23.5 Å². The van der Waals surface area contributed by atoms with Crippen LogP contribution in [0, 0.1) is 15.9 Å². The molecule has 0 atom stereocenters. The molecule has 5 aromatic rings. The number of nitro groups is 1. The zero-order valence-electron chi connectivity index (χ0n) is 23.9. The summed E-state index contributed by atoms with van der Waals surface area (Å²) in [6.07, 6.45) is 2.15. The van der Waals surface area contributed by atoms with Crippen LogP contribution in [-0.2, 0) is 0 Å². The molecule has 220 valence electrons. The number of rotatable bonds is 8. The van der Waals surface area contributed by atoms with E-state index in [1.807, 2.05) is 6.07 Å². The number of aromatic nitrogens is 4. The number of hydrogen-bond acceptors (Lipinski definition) is 9. The fourth-order valence-electron chi connectivity index (χ4n) is 5.74. The summed E-state index contributed by atoms with van der Waals surface area (Å²) < 4.78 is 16.5. The van der Waals surface area contributed by atoms with Gasteiger partial charge in [0.1, 0.15) is 16.6 Å². The number of nitrogens with zero attached hydrogens (tertiary/aromatic N) is 7. The van der Waals surface area contributed by atoms with Crippen molar-refractivity contribution in [1.82, 2.24) is 24.6 Å². The summed E-state index contributed by atoms with van der Waals surface area (Å²) >= 11 is 1.38. The molecule has 2 aliphatic rings. The largest absolute Gasteiger partial charge is 0.367 e. The fraction of sp³-hybridized carbons (Fsp3) is 0.323. The molecule has 1 saturated carbocycles. The van der Waals surface area contributed by atoms with Crippen LogP contribution in [0.2, 0.25) is 0 Å². The maximum Gasteiger partial charge on any atom is 0.269 e. The Morgan fingerprint density at radius 1 is 1.00 bits per heavy atom. The summed E-state index contributed by atoms with van der Waals surface area (Å²) in [6, 6.07) is 18.1. The van der Waals surface area contributed by atoms with Gasteiger partial charge < -0.3 is 14.8 Å². The van der Waals surface area contributed by atoms with Gasteiger partial charge in [0, 0.05) is 61.5 Å². The number of fused-ring (bicyclic) bond motifs is 1. The second-order valence-electron chi connectivity index (χ2n) is 11.4. The third-order valence-electron chi connectivity index (χ3n) is 8.18. The number of hydrogen-bond donors (Lipinski definition) is 1. The van der Waals surface area contributed by atoms with Crippen LogP contribution in [0.5, 0.6) is 0 Å². The molecule has 1 N–H and O–H groups in total. The van der Waals surface area contributed by atoms with Crippen LogP contribution in [0.25, 0.3) is 33.0 Å². The lowest BCUT2D eigenvalue weighted by Crippen LogP contribution is -2.49. The molecule has 0 radical (unpaired) electrons. The highest BCUT2D eigenvalue weighted by atomic mass is 32.1. The number of imidazole rings is 1. The number of halogens is 1. The van der Waals surface area contributed by atoms with E-state index < -0.39 is 4.92 Å². The van der Waals surface area contributed by atoms with Gasteiger partial charge in [0.2, 0.25) is 5.13 Å². The zero-order chi connectivity index (χ0) is 29.7. The van der Waals surface area contributed by atoms with Crippen molar-refractivity contribution >= 4 is 44.6 Å². The van der Waals surface area contributed by atoms with E-state index in [1.54, 1.807) is 24.3 Å². The molecule has 3 aromatic carbocycles. The second-order valence-corrected chi connectivity index (χ2v) is 12.3. The monoisotopic (exact) mass is 598 g/mol. The first-order valence-electron chi connectivity index (χ1n) is 14.5. The van der Waals surface area contributed by atoms with Gasteiger partial charge in [0.25, 0.3) is 5.69 Å². The normalized spacial score (nSPS) is 15.9. The topological polar surface area (TPSA) is 105 Å². The van der Waals surface area contributed by atoms with Crippen LogP contribution < -0.4 is 10.2 Å². The molecule has 12 heteroatoms. The van der Waals surface area contributed by atoms with Crippen molar-refractivity contribution in [3.8, 4) is 22.0 Å². The van der Waals surface area contributed by atoms with Crippen LogP contribution in [-0.4, -0.2) is 61.8 Å². The second kappa shape index (κ2) is 11.0. The molecule has 7 rings (SSSR count). The van der Waals surface area contributed by atoms with Gasteiger partial charge in [0.05, 0.1) is 27.3 Å². The smallest absolute Gasteiger partial charge is 0.269 e. The van der Waals surface area contributed by atoms with Crippen LogP contribution in [0.1, 0.15) is 32.7 Å². The summed E-state index contributed by atoms with van der Waals surface area (Å²) in [5, 5.41) is 24.6. The molecular formula is C31H31FN8O2S. The molecule has 0 unspecified atom stereocenters. The van der Waals surface area contributed by atoms with Crippen molar-refractivity contribution in [1.29, 1.82) is 0 Å². The van der Waals surface area contributed by atoms with Crippen molar-refractivity contribution in [2.75, 3.05) is 36.4 Å². The van der Waals surface area contributed by atoms with Crippen molar-refractivity contribution in [2.24, 2.45) is 0 Å². The minimum absolute atomic E-state index is 0.0327. The molecule has 0 bridgehead atoms. The molecule has 0 amide bonds. The predicted molar refractivity (Wildman–Crippen MR) is 168 cm³/mol. The Hall–Kier alpha value is -4.42. The SMILES string of the molecule is CC(C)N1CCN(c2cc3c(cc2Nc2nnc(-c4ccc([N+](=O)[O-])cc4)s2)nc(-c2cccc(F)c2)n3C2CC2)CC1. The number of anilines is 3. The average molecular weight is 599 g/mol. The van der Waals surface area contributed by atoms with Crippen molar-refractivity contribution in [2.45, 2.75) is 38.8 Å². The summed E-state index contributed by atoms with van der Waals surface area (Å²) in [7, 11) is 0. The third-order valence-corrected chi connectivity index (χ3v) is 9.07. The molecule has 43 heavy (non-hydrogen) atoms. The lowest BCUT2D eigenvalue weighted by atomic mass is 10.1. The maximum atomic E-state index is 14.2. The van der Waals surface area contributed by atoms with E-state index in [4.69, 9.17) is 4.98 Å². The Morgan fingerprint density at radius 3 is 2.44 bits per heavy atom. The minimum Gasteiger partial charge on any atom is -0.367 e. The first kappa shape index (κ1) is 27.4. The summed E-state index contributed by atoms with van der Waals surface area (Å²) in [6.45, 7) is 8.17. The molecule has 0 spiro atoms. The van der Waals surface area contributed by atoms with E-state index in [1.165, 1.54) is 29.5 Å². The van der Waals surface area contributed by atoms with Crippen molar-refractivity contribution < 1.29 is 9.31 Å².